The zero-order chi connectivity index (χ0) is 30.3. The monoisotopic (exact) mass is 595 g/mol. The second-order valence-corrected chi connectivity index (χ2v) is 11.9. The topological polar surface area (TPSA) is 96.3 Å². The van der Waals surface area contributed by atoms with Crippen LogP contribution in [0.15, 0.2) is 54.7 Å². The lowest BCUT2D eigenvalue weighted by Crippen LogP contribution is -2.42. The second-order valence-electron chi connectivity index (χ2n) is 11.9. The highest BCUT2D eigenvalue weighted by atomic mass is 16.5. The summed E-state index contributed by atoms with van der Waals surface area (Å²) in [5.74, 6) is -0.0119. The van der Waals surface area contributed by atoms with Crippen LogP contribution in [0.1, 0.15) is 49.1 Å². The third-order valence-electron chi connectivity index (χ3n) is 8.81. The molecule has 0 aliphatic carbocycles. The van der Waals surface area contributed by atoms with Gasteiger partial charge in [0.15, 0.2) is 5.65 Å². The standard InChI is InChI=1S/C35H45N7O2/c1-3-32-30(34(39-29-11-17-44-18-12-29)31-23-38-42(4-2)35(31)40-32)21-33(43)37-22-25-7-5-9-27(19-25)28-10-6-8-26(20-28)24-41-15-13-36-14-16-41/h5-10,19-20,23,29,36H,3-4,11-18,21-22,24H2,1-2H3,(H,37,43)(H,39,40). The van der Waals surface area contributed by atoms with Crippen LogP contribution in [0, 0.1) is 0 Å². The lowest BCUT2D eigenvalue weighted by molar-refractivity contribution is -0.120. The van der Waals surface area contributed by atoms with E-state index in [1.165, 1.54) is 11.1 Å². The number of carbonyl (C=O) groups excluding carboxylic acids is 1. The van der Waals surface area contributed by atoms with Gasteiger partial charge in [0.25, 0.3) is 0 Å². The van der Waals surface area contributed by atoms with Crippen molar-refractivity contribution in [2.45, 2.75) is 65.2 Å². The van der Waals surface area contributed by atoms with E-state index in [0.717, 1.165) is 111 Å². The zero-order valence-corrected chi connectivity index (χ0v) is 26.1. The number of benzene rings is 2. The Labute approximate surface area is 260 Å². The van der Waals surface area contributed by atoms with E-state index in [-0.39, 0.29) is 12.3 Å². The quantitative estimate of drug-likeness (QED) is 0.234. The maximum absolute atomic E-state index is 13.5. The van der Waals surface area contributed by atoms with Crippen molar-refractivity contribution in [1.29, 1.82) is 0 Å². The summed E-state index contributed by atoms with van der Waals surface area (Å²) in [6.45, 7) is 12.1. The van der Waals surface area contributed by atoms with Gasteiger partial charge in [0, 0.05) is 76.3 Å². The minimum Gasteiger partial charge on any atom is -0.381 e. The van der Waals surface area contributed by atoms with Crippen molar-refractivity contribution in [2.75, 3.05) is 44.7 Å². The molecule has 2 fully saturated rings. The van der Waals surface area contributed by atoms with E-state index in [9.17, 15) is 4.79 Å². The maximum atomic E-state index is 13.5. The normalized spacial score (nSPS) is 16.3. The van der Waals surface area contributed by atoms with Crippen LogP contribution in [0.2, 0.25) is 0 Å². The number of amides is 1. The minimum absolute atomic E-state index is 0.0119. The molecular weight excluding hydrogens is 550 g/mol. The van der Waals surface area contributed by atoms with Crippen molar-refractivity contribution in [1.82, 2.24) is 30.3 Å². The number of carbonyl (C=O) groups is 1. The Hall–Kier alpha value is -3.79. The van der Waals surface area contributed by atoms with Crippen LogP contribution in [-0.4, -0.2) is 71.0 Å². The Morgan fingerprint density at radius 2 is 1.75 bits per heavy atom. The number of rotatable bonds is 11. The zero-order valence-electron chi connectivity index (χ0n) is 26.1. The van der Waals surface area contributed by atoms with E-state index >= 15 is 0 Å². The number of nitrogens with one attached hydrogen (secondary N) is 3. The summed E-state index contributed by atoms with van der Waals surface area (Å²) < 4.78 is 7.53. The summed E-state index contributed by atoms with van der Waals surface area (Å²) in [6.07, 6.45) is 4.77. The largest absolute Gasteiger partial charge is 0.381 e. The van der Waals surface area contributed by atoms with Crippen molar-refractivity contribution in [3.8, 4) is 11.1 Å². The van der Waals surface area contributed by atoms with Crippen LogP contribution in [0.3, 0.4) is 0 Å². The molecule has 0 spiro atoms. The Balaban J connectivity index is 1.17. The van der Waals surface area contributed by atoms with Gasteiger partial charge in [-0.3, -0.25) is 9.69 Å². The van der Waals surface area contributed by atoms with Crippen molar-refractivity contribution in [2.24, 2.45) is 0 Å². The van der Waals surface area contributed by atoms with Gasteiger partial charge in [-0.25, -0.2) is 9.67 Å². The van der Waals surface area contributed by atoms with Crippen molar-refractivity contribution in [3.63, 3.8) is 0 Å². The Morgan fingerprint density at radius 3 is 2.48 bits per heavy atom. The molecule has 0 unspecified atom stereocenters. The average molecular weight is 596 g/mol. The van der Waals surface area contributed by atoms with E-state index in [1.807, 2.05) is 10.9 Å². The van der Waals surface area contributed by atoms with E-state index in [2.05, 4.69) is 88.3 Å². The summed E-state index contributed by atoms with van der Waals surface area (Å²) in [4.78, 5) is 21.0. The van der Waals surface area contributed by atoms with E-state index in [1.54, 1.807) is 0 Å². The minimum atomic E-state index is -0.0119. The van der Waals surface area contributed by atoms with Gasteiger partial charge in [-0.15, -0.1) is 0 Å². The third-order valence-corrected chi connectivity index (χ3v) is 8.81. The molecule has 232 valence electrons. The van der Waals surface area contributed by atoms with E-state index in [4.69, 9.17) is 9.72 Å². The molecule has 6 rings (SSSR count). The Bertz CT molecular complexity index is 1570. The Morgan fingerprint density at radius 1 is 1.02 bits per heavy atom. The van der Waals surface area contributed by atoms with Crippen LogP contribution >= 0.6 is 0 Å². The number of hydrogen-bond acceptors (Lipinski definition) is 7. The summed E-state index contributed by atoms with van der Waals surface area (Å²) in [5.41, 5.74) is 8.56. The smallest absolute Gasteiger partial charge is 0.224 e. The lowest BCUT2D eigenvalue weighted by Gasteiger charge is -2.27. The van der Waals surface area contributed by atoms with Crippen LogP contribution in [0.5, 0.6) is 0 Å². The summed E-state index contributed by atoms with van der Waals surface area (Å²) >= 11 is 0. The lowest BCUT2D eigenvalue weighted by atomic mass is 10.00. The van der Waals surface area contributed by atoms with Gasteiger partial charge >= 0.3 is 0 Å². The molecule has 1 amide bonds. The molecule has 9 nitrogen and oxygen atoms in total. The molecule has 3 N–H and O–H groups in total. The molecule has 0 saturated carbocycles. The number of aryl methyl sites for hydroxylation is 2. The van der Waals surface area contributed by atoms with Gasteiger partial charge in [-0.1, -0.05) is 43.3 Å². The second kappa shape index (κ2) is 14.3. The first-order valence-electron chi connectivity index (χ1n) is 16.2. The SMILES string of the molecule is CCc1nc2c(cnn2CC)c(NC2CCOCC2)c1CC(=O)NCc1cccc(-c2cccc(CN3CCNCC3)c2)c1. The number of pyridine rings is 1. The highest BCUT2D eigenvalue weighted by Gasteiger charge is 2.23. The van der Waals surface area contributed by atoms with Crippen LogP contribution in [0.25, 0.3) is 22.2 Å². The van der Waals surface area contributed by atoms with Gasteiger partial charge in [-0.2, -0.15) is 5.10 Å². The van der Waals surface area contributed by atoms with Crippen LogP contribution in [0.4, 0.5) is 5.69 Å². The fourth-order valence-corrected chi connectivity index (χ4v) is 6.36. The molecule has 2 aliphatic rings. The highest BCUT2D eigenvalue weighted by molar-refractivity contribution is 5.94. The number of ether oxygens (including phenoxy) is 1. The Kier molecular flexibility index (Phi) is 9.85. The molecule has 2 aromatic heterocycles. The van der Waals surface area contributed by atoms with Gasteiger partial charge in [0.05, 0.1) is 23.7 Å². The molecular formula is C35H45N7O2. The molecule has 44 heavy (non-hydrogen) atoms. The van der Waals surface area contributed by atoms with Crippen molar-refractivity contribution in [3.05, 3.63) is 77.1 Å². The van der Waals surface area contributed by atoms with Crippen LogP contribution in [-0.2, 0) is 42.0 Å². The third kappa shape index (κ3) is 7.12. The molecule has 4 heterocycles. The summed E-state index contributed by atoms with van der Waals surface area (Å²) in [7, 11) is 0. The number of nitrogens with zero attached hydrogens (tertiary/aromatic N) is 4. The van der Waals surface area contributed by atoms with Gasteiger partial charge in [0.2, 0.25) is 5.91 Å². The van der Waals surface area contributed by atoms with E-state index in [0.29, 0.717) is 12.6 Å². The average Bonchev–Trinajstić information content (AvgIpc) is 3.49. The number of aromatic nitrogens is 3. The first-order valence-corrected chi connectivity index (χ1v) is 16.2. The molecule has 9 heteroatoms. The predicted molar refractivity (Wildman–Crippen MR) is 176 cm³/mol. The molecule has 0 bridgehead atoms. The fourth-order valence-electron chi connectivity index (χ4n) is 6.36. The van der Waals surface area contributed by atoms with E-state index < -0.39 is 0 Å². The number of piperazine rings is 1. The first kappa shape index (κ1) is 30.2. The van der Waals surface area contributed by atoms with Crippen molar-refractivity contribution < 1.29 is 9.53 Å². The summed E-state index contributed by atoms with van der Waals surface area (Å²) in [6, 6.07) is 17.6. The predicted octanol–water partition coefficient (Wildman–Crippen LogP) is 4.54. The first-order chi connectivity index (χ1) is 21.6. The molecule has 2 aliphatic heterocycles. The number of anilines is 1. The maximum Gasteiger partial charge on any atom is 0.224 e. The molecule has 4 aromatic rings. The van der Waals surface area contributed by atoms with Gasteiger partial charge in [-0.05, 0) is 60.6 Å². The van der Waals surface area contributed by atoms with Crippen molar-refractivity contribution >= 4 is 22.6 Å². The molecule has 2 aromatic carbocycles. The van der Waals surface area contributed by atoms with Gasteiger partial charge in [0.1, 0.15) is 0 Å². The highest BCUT2D eigenvalue weighted by Crippen LogP contribution is 2.32. The molecule has 2 saturated heterocycles. The van der Waals surface area contributed by atoms with Crippen LogP contribution < -0.4 is 16.0 Å². The fraction of sp³-hybridized carbons (Fsp3) is 0.457. The van der Waals surface area contributed by atoms with Gasteiger partial charge < -0.3 is 20.7 Å². The number of hydrogen-bond donors (Lipinski definition) is 3. The molecule has 0 atom stereocenters. The summed E-state index contributed by atoms with van der Waals surface area (Å²) in [5, 5.41) is 16.0. The molecule has 0 radical (unpaired) electrons. The number of fused-ring (bicyclic) bond motifs is 1.